The fraction of sp³-hybridized carbons (Fsp3) is 0.200. The van der Waals surface area contributed by atoms with Crippen LogP contribution in [0.15, 0.2) is 91.0 Å². The topological polar surface area (TPSA) is 29.5 Å². The number of rotatable bonds is 6. The molecule has 0 amide bonds. The van der Waals surface area contributed by atoms with Crippen LogP contribution in [0.3, 0.4) is 0 Å². The molecule has 2 nitrogen and oxygen atoms in total. The Labute approximate surface area is 206 Å². The van der Waals surface area contributed by atoms with E-state index in [9.17, 15) is 5.11 Å². The van der Waals surface area contributed by atoms with Crippen molar-refractivity contribution in [2.24, 2.45) is 0 Å². The summed E-state index contributed by atoms with van der Waals surface area (Å²) in [6, 6.07) is 32.2. The van der Waals surface area contributed by atoms with Gasteiger partial charge in [-0.1, -0.05) is 78.9 Å². The highest BCUT2D eigenvalue weighted by atomic mass is 32.1. The largest absolute Gasteiger partial charge is 0.427 e. The van der Waals surface area contributed by atoms with Crippen LogP contribution in [0.5, 0.6) is 0 Å². The van der Waals surface area contributed by atoms with E-state index in [0.29, 0.717) is 0 Å². The minimum absolute atomic E-state index is 0.713. The molecule has 0 spiro atoms. The molecule has 169 valence electrons. The summed E-state index contributed by atoms with van der Waals surface area (Å²) in [4.78, 5) is 0. The maximum absolute atomic E-state index is 10.5. The van der Waals surface area contributed by atoms with Crippen molar-refractivity contribution in [3.8, 4) is 22.3 Å². The van der Waals surface area contributed by atoms with E-state index in [4.69, 9.17) is 4.65 Å². The van der Waals surface area contributed by atoms with Gasteiger partial charge in [0.05, 0.1) is 11.2 Å². The van der Waals surface area contributed by atoms with Crippen molar-refractivity contribution < 1.29 is 9.76 Å². The Morgan fingerprint density at radius 2 is 1.38 bits per heavy atom. The van der Waals surface area contributed by atoms with Crippen LogP contribution >= 0.6 is 11.3 Å². The molecule has 0 bridgehead atoms. The number of benzene rings is 4. The zero-order valence-electron chi connectivity index (χ0n) is 20.0. The molecule has 1 N–H and O–H groups in total. The van der Waals surface area contributed by atoms with E-state index in [-0.39, 0.29) is 0 Å². The Morgan fingerprint density at radius 1 is 0.706 bits per heavy atom. The summed E-state index contributed by atoms with van der Waals surface area (Å²) < 4.78 is 8.57. The van der Waals surface area contributed by atoms with Gasteiger partial charge in [-0.3, -0.25) is 0 Å². The zero-order valence-corrected chi connectivity index (χ0v) is 20.8. The highest BCUT2D eigenvalue weighted by molar-refractivity contribution is 7.26. The average molecular weight is 463 g/mol. The zero-order chi connectivity index (χ0) is 23.9. The standard InChI is InChI=1S/C30H28BO2S/c1-29(2,32)30(3,4)33-31-25-15-10-16-26-28(25)24-18-17-21(19-27(24)34-26)23-14-9-8-13-22(23)20-11-6-5-7-12-20/h5-19,32H,1-4H3. The van der Waals surface area contributed by atoms with E-state index >= 15 is 0 Å². The maximum atomic E-state index is 10.5. The number of fused-ring (bicyclic) bond motifs is 3. The molecule has 5 aromatic rings. The van der Waals surface area contributed by atoms with Crippen LogP contribution in [0.25, 0.3) is 42.4 Å². The fourth-order valence-corrected chi connectivity index (χ4v) is 5.26. The predicted molar refractivity (Wildman–Crippen MR) is 147 cm³/mol. The van der Waals surface area contributed by atoms with Gasteiger partial charge in [-0.15, -0.1) is 11.3 Å². The van der Waals surface area contributed by atoms with Crippen molar-refractivity contribution in [2.75, 3.05) is 0 Å². The molecule has 0 aliphatic carbocycles. The molecule has 0 fully saturated rings. The molecule has 0 saturated carbocycles. The van der Waals surface area contributed by atoms with E-state index in [1.165, 1.54) is 42.4 Å². The summed E-state index contributed by atoms with van der Waals surface area (Å²) >= 11 is 1.80. The Balaban J connectivity index is 1.57. The predicted octanol–water partition coefficient (Wildman–Crippen LogP) is 7.20. The lowest BCUT2D eigenvalue weighted by molar-refractivity contribution is -0.0893. The van der Waals surface area contributed by atoms with Gasteiger partial charge in [0.2, 0.25) is 0 Å². The first-order valence-electron chi connectivity index (χ1n) is 11.6. The SMILES string of the molecule is CC(C)(O)C(C)(C)O[B]c1cccc2sc3cc(-c4ccccc4-c4ccccc4)ccc3c12. The Bertz CT molecular complexity index is 1460. The Morgan fingerprint density at radius 3 is 2.09 bits per heavy atom. The summed E-state index contributed by atoms with van der Waals surface area (Å²) in [5, 5.41) is 12.9. The van der Waals surface area contributed by atoms with E-state index in [2.05, 4.69) is 91.0 Å². The lowest BCUT2D eigenvalue weighted by Gasteiger charge is -2.37. The lowest BCUT2D eigenvalue weighted by atomic mass is 9.80. The molecule has 4 aromatic carbocycles. The van der Waals surface area contributed by atoms with Gasteiger partial charge < -0.3 is 9.76 Å². The molecule has 0 unspecified atom stereocenters. The van der Waals surface area contributed by atoms with Crippen molar-refractivity contribution in [3.63, 3.8) is 0 Å². The molecule has 0 atom stereocenters. The van der Waals surface area contributed by atoms with Gasteiger partial charge in [0.15, 0.2) is 0 Å². The van der Waals surface area contributed by atoms with Crippen LogP contribution in [0.1, 0.15) is 27.7 Å². The highest BCUT2D eigenvalue weighted by Gasteiger charge is 2.35. The number of hydrogen-bond donors (Lipinski definition) is 1. The molecule has 34 heavy (non-hydrogen) atoms. The Kier molecular flexibility index (Phi) is 5.85. The van der Waals surface area contributed by atoms with E-state index in [1.807, 2.05) is 13.8 Å². The van der Waals surface area contributed by atoms with Crippen molar-refractivity contribution in [1.82, 2.24) is 0 Å². The summed E-state index contributed by atoms with van der Waals surface area (Å²) in [5.74, 6) is 0. The van der Waals surface area contributed by atoms with Crippen LogP contribution in [0.2, 0.25) is 0 Å². The first-order chi connectivity index (χ1) is 16.2. The average Bonchev–Trinajstić information content (AvgIpc) is 3.21. The van der Waals surface area contributed by atoms with Gasteiger partial charge in [0.1, 0.15) is 0 Å². The quantitative estimate of drug-likeness (QED) is 0.270. The van der Waals surface area contributed by atoms with Gasteiger partial charge in [-0.2, -0.15) is 0 Å². The Hall–Kier alpha value is -2.92. The molecular formula is C30H28BO2S. The van der Waals surface area contributed by atoms with Crippen molar-refractivity contribution in [2.45, 2.75) is 38.9 Å². The normalized spacial score (nSPS) is 12.4. The van der Waals surface area contributed by atoms with Crippen LogP contribution in [-0.4, -0.2) is 23.8 Å². The molecular weight excluding hydrogens is 435 g/mol. The van der Waals surface area contributed by atoms with E-state index in [1.54, 1.807) is 32.7 Å². The minimum atomic E-state index is -0.963. The fourth-order valence-electron chi connectivity index (χ4n) is 4.08. The monoisotopic (exact) mass is 463 g/mol. The van der Waals surface area contributed by atoms with Gasteiger partial charge in [-0.25, -0.2) is 0 Å². The van der Waals surface area contributed by atoms with Gasteiger partial charge in [0, 0.05) is 9.40 Å². The summed E-state index contributed by atoms with van der Waals surface area (Å²) in [6.07, 6.45) is 0. The first kappa shape index (κ1) is 22.9. The van der Waals surface area contributed by atoms with Gasteiger partial charge >= 0.3 is 7.48 Å². The third-order valence-corrected chi connectivity index (χ3v) is 7.92. The van der Waals surface area contributed by atoms with Crippen molar-refractivity contribution in [3.05, 3.63) is 91.0 Å². The summed E-state index contributed by atoms with van der Waals surface area (Å²) in [7, 11) is 1.80. The smallest absolute Gasteiger partial charge is 0.331 e. The second kappa shape index (κ2) is 8.70. The molecule has 0 aliphatic heterocycles. The second-order valence-electron chi connectivity index (χ2n) is 9.75. The van der Waals surface area contributed by atoms with Gasteiger partial charge in [-0.05, 0) is 78.3 Å². The van der Waals surface area contributed by atoms with Crippen molar-refractivity contribution in [1.29, 1.82) is 0 Å². The van der Waals surface area contributed by atoms with Crippen molar-refractivity contribution >= 4 is 44.5 Å². The summed E-state index contributed by atoms with van der Waals surface area (Å²) in [6.45, 7) is 7.37. The third kappa shape index (κ3) is 4.18. The van der Waals surface area contributed by atoms with E-state index < -0.39 is 11.2 Å². The number of hydrogen-bond acceptors (Lipinski definition) is 3. The number of aliphatic hydroxyl groups is 1. The highest BCUT2D eigenvalue weighted by Crippen LogP contribution is 2.38. The van der Waals surface area contributed by atoms with E-state index in [0.717, 1.165) is 5.46 Å². The van der Waals surface area contributed by atoms with Crippen LogP contribution < -0.4 is 5.46 Å². The lowest BCUT2D eigenvalue weighted by Crippen LogP contribution is -2.49. The van der Waals surface area contributed by atoms with Crippen LogP contribution in [-0.2, 0) is 4.65 Å². The minimum Gasteiger partial charge on any atom is -0.427 e. The summed E-state index contributed by atoms with van der Waals surface area (Å²) in [5.41, 5.74) is 4.25. The van der Waals surface area contributed by atoms with Crippen LogP contribution in [0, 0.1) is 0 Å². The van der Waals surface area contributed by atoms with Crippen LogP contribution in [0.4, 0.5) is 0 Å². The first-order valence-corrected chi connectivity index (χ1v) is 12.4. The third-order valence-electron chi connectivity index (χ3n) is 6.81. The molecule has 4 heteroatoms. The second-order valence-corrected chi connectivity index (χ2v) is 10.8. The molecule has 5 rings (SSSR count). The molecule has 0 aliphatic rings. The molecule has 0 saturated heterocycles. The van der Waals surface area contributed by atoms with Gasteiger partial charge in [0.25, 0.3) is 0 Å². The number of thiophene rings is 1. The molecule has 1 heterocycles. The molecule has 1 aromatic heterocycles. The molecule has 1 radical (unpaired) electrons. The maximum Gasteiger partial charge on any atom is 0.331 e.